The number of carbonyl (C=O) groups excluding carboxylic acids is 1. The zero-order chi connectivity index (χ0) is 23.2. The number of amides is 2. The SMILES string of the molecule is O=C(NCC1CC(c2c(-c3ccc(F)cc3)[nH]c3c(F)cc(F)cc23)C1)NCC1(O)COC1. The predicted octanol–water partition coefficient (Wildman–Crippen LogP) is 3.81. The number of aromatic amines is 1. The van der Waals surface area contributed by atoms with Crippen LogP contribution in [-0.2, 0) is 4.74 Å². The third-order valence-electron chi connectivity index (χ3n) is 6.51. The van der Waals surface area contributed by atoms with Crippen LogP contribution in [-0.4, -0.2) is 48.0 Å². The molecule has 6 nitrogen and oxygen atoms in total. The van der Waals surface area contributed by atoms with E-state index >= 15 is 0 Å². The fourth-order valence-corrected chi connectivity index (χ4v) is 4.63. The van der Waals surface area contributed by atoms with E-state index in [2.05, 4.69) is 15.6 Å². The summed E-state index contributed by atoms with van der Waals surface area (Å²) >= 11 is 0. The van der Waals surface area contributed by atoms with E-state index in [1.165, 1.54) is 18.2 Å². The highest BCUT2D eigenvalue weighted by atomic mass is 19.1. The van der Waals surface area contributed by atoms with Gasteiger partial charge in [0, 0.05) is 18.0 Å². The average Bonchev–Trinajstić information content (AvgIpc) is 3.09. The highest BCUT2D eigenvalue weighted by Crippen LogP contribution is 2.48. The van der Waals surface area contributed by atoms with Gasteiger partial charge in [-0.2, -0.15) is 0 Å². The standard InChI is InChI=1S/C24H24F3N3O3/c25-16-3-1-14(2-4-16)21-20(18-7-17(26)8-19(27)22(18)30-21)15-5-13(6-15)9-28-23(31)29-10-24(32)11-33-12-24/h1-4,7-8,13,15,30,32H,5-6,9-12H2,(H2,28,29,31). The van der Waals surface area contributed by atoms with E-state index in [9.17, 15) is 23.1 Å². The van der Waals surface area contributed by atoms with Gasteiger partial charge in [-0.05, 0) is 66.1 Å². The van der Waals surface area contributed by atoms with Crippen molar-refractivity contribution in [2.24, 2.45) is 5.92 Å². The second-order valence-electron chi connectivity index (χ2n) is 9.05. The van der Waals surface area contributed by atoms with E-state index in [4.69, 9.17) is 4.74 Å². The van der Waals surface area contributed by atoms with E-state index in [-0.39, 0.29) is 49.0 Å². The van der Waals surface area contributed by atoms with E-state index in [0.29, 0.717) is 23.2 Å². The van der Waals surface area contributed by atoms with Gasteiger partial charge < -0.3 is 25.5 Å². The molecule has 1 saturated carbocycles. The molecule has 174 valence electrons. The molecular formula is C24H24F3N3O3. The maximum atomic E-state index is 14.5. The Kier molecular flexibility index (Phi) is 5.54. The summed E-state index contributed by atoms with van der Waals surface area (Å²) in [4.78, 5) is 15.1. The Morgan fingerprint density at radius 2 is 1.82 bits per heavy atom. The van der Waals surface area contributed by atoms with Gasteiger partial charge in [0.05, 0.1) is 31.0 Å². The molecule has 1 aliphatic heterocycles. The second kappa shape index (κ2) is 8.39. The molecular weight excluding hydrogens is 435 g/mol. The number of urea groups is 1. The fraction of sp³-hybridized carbons (Fsp3) is 0.375. The first kappa shape index (κ1) is 21.8. The Morgan fingerprint density at radius 3 is 2.48 bits per heavy atom. The minimum Gasteiger partial charge on any atom is -0.383 e. The fourth-order valence-electron chi connectivity index (χ4n) is 4.63. The van der Waals surface area contributed by atoms with Crippen LogP contribution in [0, 0.1) is 23.4 Å². The second-order valence-corrected chi connectivity index (χ2v) is 9.05. The molecule has 5 rings (SSSR count). The number of hydrogen-bond donors (Lipinski definition) is 4. The zero-order valence-electron chi connectivity index (χ0n) is 17.8. The van der Waals surface area contributed by atoms with Crippen LogP contribution >= 0.6 is 0 Å². The normalized spacial score (nSPS) is 21.3. The summed E-state index contributed by atoms with van der Waals surface area (Å²) in [5, 5.41) is 15.9. The van der Waals surface area contributed by atoms with Gasteiger partial charge in [0.2, 0.25) is 0 Å². The van der Waals surface area contributed by atoms with E-state index in [0.717, 1.165) is 24.5 Å². The number of aromatic nitrogens is 1. The number of ether oxygens (including phenoxy) is 1. The van der Waals surface area contributed by atoms with Gasteiger partial charge in [0.1, 0.15) is 23.1 Å². The van der Waals surface area contributed by atoms with Crippen LogP contribution in [0.1, 0.15) is 24.3 Å². The highest BCUT2D eigenvalue weighted by molar-refractivity contribution is 5.92. The van der Waals surface area contributed by atoms with Crippen LogP contribution in [0.15, 0.2) is 36.4 Å². The number of aliphatic hydroxyl groups is 1. The lowest BCUT2D eigenvalue weighted by molar-refractivity contribution is -0.173. The average molecular weight is 459 g/mol. The van der Waals surface area contributed by atoms with Crippen LogP contribution in [0.2, 0.25) is 0 Å². The number of carbonyl (C=O) groups is 1. The lowest BCUT2D eigenvalue weighted by atomic mass is 9.70. The summed E-state index contributed by atoms with van der Waals surface area (Å²) in [6.45, 7) is 0.993. The number of benzene rings is 2. The highest BCUT2D eigenvalue weighted by Gasteiger charge is 2.37. The molecule has 2 fully saturated rings. The van der Waals surface area contributed by atoms with Crippen molar-refractivity contribution >= 4 is 16.9 Å². The van der Waals surface area contributed by atoms with Crippen LogP contribution in [0.25, 0.3) is 22.2 Å². The Morgan fingerprint density at radius 1 is 1.09 bits per heavy atom. The number of H-pyrrole nitrogens is 1. The number of rotatable bonds is 6. The smallest absolute Gasteiger partial charge is 0.314 e. The van der Waals surface area contributed by atoms with Crippen LogP contribution in [0.3, 0.4) is 0 Å². The zero-order valence-corrected chi connectivity index (χ0v) is 17.8. The first-order valence-electron chi connectivity index (χ1n) is 10.9. The molecule has 33 heavy (non-hydrogen) atoms. The molecule has 1 saturated heterocycles. The molecule has 0 radical (unpaired) electrons. The van der Waals surface area contributed by atoms with Gasteiger partial charge in [-0.3, -0.25) is 0 Å². The molecule has 2 aromatic carbocycles. The maximum Gasteiger partial charge on any atom is 0.314 e. The van der Waals surface area contributed by atoms with Crippen molar-refractivity contribution in [3.05, 3.63) is 59.4 Å². The summed E-state index contributed by atoms with van der Waals surface area (Å²) in [5.74, 6) is -1.45. The molecule has 1 aromatic heterocycles. The van der Waals surface area contributed by atoms with Crippen molar-refractivity contribution in [2.45, 2.75) is 24.4 Å². The molecule has 2 aliphatic rings. The maximum absolute atomic E-state index is 14.5. The molecule has 0 spiro atoms. The minimum atomic E-state index is -0.991. The molecule has 2 amide bonds. The molecule has 3 aromatic rings. The molecule has 9 heteroatoms. The lowest BCUT2D eigenvalue weighted by Gasteiger charge is -2.37. The van der Waals surface area contributed by atoms with Crippen LogP contribution in [0.4, 0.5) is 18.0 Å². The van der Waals surface area contributed by atoms with Gasteiger partial charge in [-0.25, -0.2) is 18.0 Å². The molecule has 2 heterocycles. The summed E-state index contributed by atoms with van der Waals surface area (Å²) in [7, 11) is 0. The van der Waals surface area contributed by atoms with E-state index in [1.807, 2.05) is 0 Å². The first-order chi connectivity index (χ1) is 15.8. The van der Waals surface area contributed by atoms with E-state index < -0.39 is 17.2 Å². The van der Waals surface area contributed by atoms with Crippen molar-refractivity contribution in [3.8, 4) is 11.3 Å². The lowest BCUT2D eigenvalue weighted by Crippen LogP contribution is -2.58. The number of hydrogen-bond acceptors (Lipinski definition) is 3. The predicted molar refractivity (Wildman–Crippen MR) is 116 cm³/mol. The molecule has 4 N–H and O–H groups in total. The topological polar surface area (TPSA) is 86.4 Å². The van der Waals surface area contributed by atoms with Gasteiger partial charge in [-0.15, -0.1) is 0 Å². The molecule has 1 aliphatic carbocycles. The van der Waals surface area contributed by atoms with Crippen molar-refractivity contribution in [3.63, 3.8) is 0 Å². The Labute approximate surface area is 188 Å². The largest absolute Gasteiger partial charge is 0.383 e. The van der Waals surface area contributed by atoms with Gasteiger partial charge in [0.15, 0.2) is 0 Å². The van der Waals surface area contributed by atoms with Gasteiger partial charge in [-0.1, -0.05) is 0 Å². The summed E-state index contributed by atoms with van der Waals surface area (Å²) in [6, 6.07) is 7.70. The van der Waals surface area contributed by atoms with Crippen molar-refractivity contribution in [2.75, 3.05) is 26.3 Å². The Bertz CT molecular complexity index is 1190. The van der Waals surface area contributed by atoms with E-state index in [1.54, 1.807) is 12.1 Å². The van der Waals surface area contributed by atoms with Gasteiger partial charge in [0.25, 0.3) is 0 Å². The van der Waals surface area contributed by atoms with Gasteiger partial charge >= 0.3 is 6.03 Å². The van der Waals surface area contributed by atoms with Crippen molar-refractivity contribution in [1.82, 2.24) is 15.6 Å². The minimum absolute atomic E-state index is 0.0442. The summed E-state index contributed by atoms with van der Waals surface area (Å²) in [5.41, 5.74) is 1.39. The number of fused-ring (bicyclic) bond motifs is 1. The Hall–Kier alpha value is -3.04. The first-order valence-corrected chi connectivity index (χ1v) is 10.9. The number of halogens is 3. The third kappa shape index (κ3) is 4.30. The van der Waals surface area contributed by atoms with Crippen molar-refractivity contribution in [1.29, 1.82) is 0 Å². The van der Waals surface area contributed by atoms with Crippen LogP contribution < -0.4 is 10.6 Å². The number of nitrogens with one attached hydrogen (secondary N) is 3. The molecule has 0 unspecified atom stereocenters. The Balaban J connectivity index is 1.29. The summed E-state index contributed by atoms with van der Waals surface area (Å²) in [6.07, 6.45) is 1.47. The monoisotopic (exact) mass is 459 g/mol. The quantitative estimate of drug-likeness (QED) is 0.452. The van der Waals surface area contributed by atoms with Crippen molar-refractivity contribution < 1.29 is 27.8 Å². The van der Waals surface area contributed by atoms with Crippen LogP contribution in [0.5, 0.6) is 0 Å². The third-order valence-corrected chi connectivity index (χ3v) is 6.51. The molecule has 0 bridgehead atoms. The summed E-state index contributed by atoms with van der Waals surface area (Å²) < 4.78 is 46.9. The molecule has 0 atom stereocenters.